The maximum atomic E-state index is 13.1. The van der Waals surface area contributed by atoms with Crippen LogP contribution in [0.4, 0.5) is 0 Å². The standard InChI is InChI=1S/C19H31N5O8/c1-9(2)15(23-16(28)10(20)8-14(26)27)18(30)24-7-3-4-12(24)17(29)22-11(19(31)32)5-6-13(21)25/h9-12,15H,3-8,20H2,1-2H3,(H2,21,25)(H,22,29)(H,23,28)(H,26,27)(H,31,32). The highest BCUT2D eigenvalue weighted by Crippen LogP contribution is 2.21. The maximum absolute atomic E-state index is 13.1. The van der Waals surface area contributed by atoms with E-state index in [0.717, 1.165) is 0 Å². The van der Waals surface area contributed by atoms with Crippen molar-refractivity contribution in [2.24, 2.45) is 17.4 Å². The zero-order valence-corrected chi connectivity index (χ0v) is 18.1. The van der Waals surface area contributed by atoms with Crippen molar-refractivity contribution in [1.82, 2.24) is 15.5 Å². The van der Waals surface area contributed by atoms with E-state index in [9.17, 15) is 33.9 Å². The summed E-state index contributed by atoms with van der Waals surface area (Å²) in [5, 5.41) is 22.9. The number of hydrogen-bond acceptors (Lipinski definition) is 7. The van der Waals surface area contributed by atoms with Gasteiger partial charge in [0.1, 0.15) is 18.1 Å². The van der Waals surface area contributed by atoms with Crippen molar-refractivity contribution in [3.63, 3.8) is 0 Å². The van der Waals surface area contributed by atoms with E-state index < -0.39 is 72.1 Å². The van der Waals surface area contributed by atoms with Gasteiger partial charge in [-0.15, -0.1) is 0 Å². The topological polar surface area (TPSA) is 222 Å². The lowest BCUT2D eigenvalue weighted by Gasteiger charge is -2.31. The van der Waals surface area contributed by atoms with Gasteiger partial charge in [-0.05, 0) is 25.2 Å². The van der Waals surface area contributed by atoms with Gasteiger partial charge in [-0.25, -0.2) is 4.79 Å². The number of carbonyl (C=O) groups excluding carboxylic acids is 4. The number of aliphatic carboxylic acids is 2. The number of likely N-dealkylation sites (tertiary alicyclic amines) is 1. The highest BCUT2D eigenvalue weighted by Gasteiger charge is 2.40. The molecule has 1 rings (SSSR count). The summed E-state index contributed by atoms with van der Waals surface area (Å²) in [5.41, 5.74) is 10.6. The van der Waals surface area contributed by atoms with Crippen molar-refractivity contribution in [2.45, 2.75) is 70.1 Å². The molecule has 8 N–H and O–H groups in total. The molecule has 0 aliphatic carbocycles. The number of nitrogens with zero attached hydrogens (tertiary/aromatic N) is 1. The minimum Gasteiger partial charge on any atom is -0.481 e. The molecular formula is C19H31N5O8. The summed E-state index contributed by atoms with van der Waals surface area (Å²) < 4.78 is 0. The SMILES string of the molecule is CC(C)C(NC(=O)C(N)CC(=O)O)C(=O)N1CCCC1C(=O)NC(CCC(N)=O)C(=O)O. The molecular weight excluding hydrogens is 426 g/mol. The van der Waals surface area contributed by atoms with E-state index in [-0.39, 0.29) is 25.8 Å². The van der Waals surface area contributed by atoms with E-state index in [4.69, 9.17) is 16.6 Å². The average molecular weight is 457 g/mol. The molecule has 0 aromatic heterocycles. The second kappa shape index (κ2) is 12.0. The predicted molar refractivity (Wildman–Crippen MR) is 110 cm³/mol. The lowest BCUT2D eigenvalue weighted by atomic mass is 10.0. The molecule has 1 heterocycles. The second-order valence-corrected chi connectivity index (χ2v) is 8.03. The van der Waals surface area contributed by atoms with Gasteiger partial charge in [-0.1, -0.05) is 13.8 Å². The number of hydrogen-bond donors (Lipinski definition) is 6. The maximum Gasteiger partial charge on any atom is 0.326 e. The zero-order chi connectivity index (χ0) is 24.6. The molecule has 1 fully saturated rings. The Labute approximate surface area is 184 Å². The minimum atomic E-state index is -1.35. The molecule has 0 spiro atoms. The largest absolute Gasteiger partial charge is 0.481 e. The van der Waals surface area contributed by atoms with Crippen LogP contribution in [0.5, 0.6) is 0 Å². The first-order valence-corrected chi connectivity index (χ1v) is 10.2. The van der Waals surface area contributed by atoms with Crippen LogP contribution in [-0.4, -0.2) is 81.4 Å². The lowest BCUT2D eigenvalue weighted by molar-refractivity contribution is -0.145. The number of nitrogens with two attached hydrogens (primary N) is 2. The first kappa shape index (κ1) is 26.8. The first-order valence-electron chi connectivity index (χ1n) is 10.2. The number of carbonyl (C=O) groups is 6. The summed E-state index contributed by atoms with van der Waals surface area (Å²) in [5.74, 6) is -5.76. The van der Waals surface area contributed by atoms with Crippen molar-refractivity contribution >= 4 is 35.6 Å². The lowest BCUT2D eigenvalue weighted by Crippen LogP contribution is -2.58. The fourth-order valence-corrected chi connectivity index (χ4v) is 3.35. The van der Waals surface area contributed by atoms with Gasteiger partial charge in [-0.2, -0.15) is 0 Å². The molecule has 0 bridgehead atoms. The molecule has 1 saturated heterocycles. The van der Waals surface area contributed by atoms with Crippen molar-refractivity contribution in [3.05, 3.63) is 0 Å². The van der Waals surface area contributed by atoms with E-state index in [1.165, 1.54) is 4.90 Å². The Kier molecular flexibility index (Phi) is 10.0. The zero-order valence-electron chi connectivity index (χ0n) is 18.1. The van der Waals surface area contributed by atoms with Gasteiger partial charge < -0.3 is 37.2 Å². The fraction of sp³-hybridized carbons (Fsp3) is 0.684. The van der Waals surface area contributed by atoms with Gasteiger partial charge in [0.15, 0.2) is 0 Å². The predicted octanol–water partition coefficient (Wildman–Crippen LogP) is -2.24. The summed E-state index contributed by atoms with van der Waals surface area (Å²) in [6, 6.07) is -4.70. The average Bonchev–Trinajstić information content (AvgIpc) is 3.17. The monoisotopic (exact) mass is 457 g/mol. The van der Waals surface area contributed by atoms with Crippen LogP contribution in [0.15, 0.2) is 0 Å². The van der Waals surface area contributed by atoms with E-state index in [0.29, 0.717) is 6.42 Å². The Balaban J connectivity index is 2.91. The van der Waals surface area contributed by atoms with Gasteiger partial charge >= 0.3 is 11.9 Å². The number of carboxylic acid groups (broad SMARTS) is 2. The van der Waals surface area contributed by atoms with Gasteiger partial charge in [0, 0.05) is 13.0 Å². The Morgan fingerprint density at radius 2 is 1.72 bits per heavy atom. The number of amides is 4. The van der Waals surface area contributed by atoms with Gasteiger partial charge in [0.05, 0.1) is 12.5 Å². The number of primary amides is 1. The van der Waals surface area contributed by atoms with Crippen molar-refractivity contribution in [2.75, 3.05) is 6.54 Å². The Morgan fingerprint density at radius 1 is 1.09 bits per heavy atom. The van der Waals surface area contributed by atoms with Gasteiger partial charge in [0.2, 0.25) is 23.6 Å². The molecule has 0 aromatic carbocycles. The smallest absolute Gasteiger partial charge is 0.326 e. The van der Waals surface area contributed by atoms with E-state index in [2.05, 4.69) is 10.6 Å². The Hall–Kier alpha value is -3.22. The molecule has 0 radical (unpaired) electrons. The summed E-state index contributed by atoms with van der Waals surface area (Å²) >= 11 is 0. The summed E-state index contributed by atoms with van der Waals surface area (Å²) in [6.45, 7) is 3.55. The van der Waals surface area contributed by atoms with Crippen molar-refractivity contribution < 1.29 is 39.0 Å². The quantitative estimate of drug-likeness (QED) is 0.186. The van der Waals surface area contributed by atoms with Crippen LogP contribution in [0.3, 0.4) is 0 Å². The third kappa shape index (κ3) is 7.80. The number of rotatable bonds is 12. The molecule has 13 nitrogen and oxygen atoms in total. The third-order valence-corrected chi connectivity index (χ3v) is 5.09. The summed E-state index contributed by atoms with van der Waals surface area (Å²) in [7, 11) is 0. The molecule has 4 atom stereocenters. The Bertz CT molecular complexity index is 756. The van der Waals surface area contributed by atoms with Crippen molar-refractivity contribution in [1.29, 1.82) is 0 Å². The molecule has 1 aliphatic heterocycles. The van der Waals surface area contributed by atoms with Crippen molar-refractivity contribution in [3.8, 4) is 0 Å². The summed E-state index contributed by atoms with van der Waals surface area (Å²) in [6.07, 6.45) is -0.259. The van der Waals surface area contributed by atoms with Gasteiger partial charge in [0.25, 0.3) is 0 Å². The van der Waals surface area contributed by atoms with Crippen LogP contribution in [0.1, 0.15) is 46.0 Å². The van der Waals surface area contributed by atoms with Gasteiger partial charge in [-0.3, -0.25) is 24.0 Å². The number of carboxylic acids is 2. The van der Waals surface area contributed by atoms with Crippen LogP contribution >= 0.6 is 0 Å². The molecule has 1 aliphatic rings. The highest BCUT2D eigenvalue weighted by molar-refractivity contribution is 5.95. The normalized spacial score (nSPS) is 18.5. The third-order valence-electron chi connectivity index (χ3n) is 5.09. The molecule has 4 unspecified atom stereocenters. The van der Waals surface area contributed by atoms with Crippen LogP contribution in [0.25, 0.3) is 0 Å². The Morgan fingerprint density at radius 3 is 2.22 bits per heavy atom. The fourth-order valence-electron chi connectivity index (χ4n) is 3.35. The van der Waals surface area contributed by atoms with Crippen LogP contribution in [0.2, 0.25) is 0 Å². The van der Waals surface area contributed by atoms with Crippen LogP contribution in [-0.2, 0) is 28.8 Å². The van der Waals surface area contributed by atoms with E-state index in [1.54, 1.807) is 13.8 Å². The van der Waals surface area contributed by atoms with Crippen LogP contribution in [0, 0.1) is 5.92 Å². The molecule has 32 heavy (non-hydrogen) atoms. The number of nitrogens with one attached hydrogen (secondary N) is 2. The van der Waals surface area contributed by atoms with E-state index >= 15 is 0 Å². The summed E-state index contributed by atoms with van der Waals surface area (Å²) in [4.78, 5) is 72.4. The first-order chi connectivity index (χ1) is 14.8. The molecule has 0 aromatic rings. The molecule has 13 heteroatoms. The molecule has 0 saturated carbocycles. The molecule has 4 amide bonds. The molecule has 180 valence electrons. The second-order valence-electron chi connectivity index (χ2n) is 8.03. The van der Waals surface area contributed by atoms with E-state index in [1.807, 2.05) is 0 Å². The minimum absolute atomic E-state index is 0.191. The van der Waals surface area contributed by atoms with Crippen LogP contribution < -0.4 is 22.1 Å². The highest BCUT2D eigenvalue weighted by atomic mass is 16.4.